The Balaban J connectivity index is 0.00000112. The first-order valence-corrected chi connectivity index (χ1v) is 19.9. The second kappa shape index (κ2) is 22.0. The number of alkyl halides is 3. The summed E-state index contributed by atoms with van der Waals surface area (Å²) in [5.74, 6) is -0.120. The molecular formula is C43H70F3N7O2. The van der Waals surface area contributed by atoms with Gasteiger partial charge in [0.2, 0.25) is 0 Å². The van der Waals surface area contributed by atoms with Gasteiger partial charge in [-0.25, -0.2) is 15.0 Å². The molecule has 0 spiro atoms. The topological polar surface area (TPSA) is 97.7 Å². The zero-order valence-electron chi connectivity index (χ0n) is 36.4. The number of aromatic nitrogens is 3. The molecule has 1 atom stereocenters. The molecule has 5 rings (SSSR count). The first-order chi connectivity index (χ1) is 25.7. The number of rotatable bonds is 8. The number of nitrogens with zero attached hydrogens (tertiary/aromatic N) is 6. The first-order valence-electron chi connectivity index (χ1n) is 19.9. The molecule has 3 aromatic rings. The van der Waals surface area contributed by atoms with E-state index in [1.807, 2.05) is 40.7 Å². The average Bonchev–Trinajstić information content (AvgIpc) is 3.12. The highest BCUT2D eigenvalue weighted by Gasteiger charge is 2.37. The predicted octanol–water partition coefficient (Wildman–Crippen LogP) is 11.1. The molecule has 55 heavy (non-hydrogen) atoms. The second-order valence-electron chi connectivity index (χ2n) is 15.7. The molecule has 1 aromatic carbocycles. The Kier molecular flexibility index (Phi) is 19.6. The summed E-state index contributed by atoms with van der Waals surface area (Å²) in [7, 11) is 2.08. The maximum absolute atomic E-state index is 13.8. The quantitative estimate of drug-likeness (QED) is 0.232. The third-order valence-corrected chi connectivity index (χ3v) is 8.63. The fraction of sp³-hybridized carbons (Fsp3) is 0.628. The van der Waals surface area contributed by atoms with Crippen LogP contribution in [0.1, 0.15) is 138 Å². The zero-order chi connectivity index (χ0) is 42.3. The Bertz CT molecular complexity index is 1620. The minimum absolute atomic E-state index is 0.0519. The monoisotopic (exact) mass is 774 g/mol. The lowest BCUT2D eigenvalue weighted by Gasteiger charge is -2.38. The van der Waals surface area contributed by atoms with E-state index >= 15 is 0 Å². The zero-order valence-corrected chi connectivity index (χ0v) is 36.4. The number of aliphatic carboxylic acids is 1. The number of pyridine rings is 1. The van der Waals surface area contributed by atoms with Gasteiger partial charge in [-0.05, 0) is 67.0 Å². The van der Waals surface area contributed by atoms with Gasteiger partial charge in [0.1, 0.15) is 23.5 Å². The van der Waals surface area contributed by atoms with Crippen LogP contribution in [0.25, 0.3) is 0 Å². The van der Waals surface area contributed by atoms with Crippen LogP contribution in [0.3, 0.4) is 0 Å². The number of fused-ring (bicyclic) bond motifs is 2. The smallest absolute Gasteiger partial charge is 0.419 e. The largest absolute Gasteiger partial charge is 0.480 e. The van der Waals surface area contributed by atoms with Gasteiger partial charge in [0, 0.05) is 43.3 Å². The number of carbonyl (C=O) groups is 1. The molecule has 0 saturated carbocycles. The summed E-state index contributed by atoms with van der Waals surface area (Å²) in [6.07, 6.45) is -0.472. The number of hydrogen-bond donors (Lipinski definition) is 2. The van der Waals surface area contributed by atoms with Crippen LogP contribution in [-0.2, 0) is 35.9 Å². The van der Waals surface area contributed by atoms with E-state index in [1.165, 1.54) is 24.2 Å². The van der Waals surface area contributed by atoms with Crippen molar-refractivity contribution in [1.29, 1.82) is 0 Å². The van der Waals surface area contributed by atoms with E-state index < -0.39 is 23.8 Å². The molecule has 2 aliphatic heterocycles. The molecule has 0 aliphatic carbocycles. The lowest BCUT2D eigenvalue weighted by atomic mass is 9.78. The van der Waals surface area contributed by atoms with Gasteiger partial charge in [-0.15, -0.1) is 0 Å². The van der Waals surface area contributed by atoms with Crippen LogP contribution in [0, 0.1) is 5.41 Å². The van der Waals surface area contributed by atoms with E-state index in [0.717, 1.165) is 36.0 Å². The first kappa shape index (κ1) is 49.1. The van der Waals surface area contributed by atoms with E-state index in [-0.39, 0.29) is 24.3 Å². The van der Waals surface area contributed by atoms with Crippen molar-refractivity contribution in [3.63, 3.8) is 0 Å². The number of hydrogen-bond acceptors (Lipinski definition) is 8. The number of likely N-dealkylation sites (N-methyl/N-ethyl adjacent to an activating group) is 1. The highest BCUT2D eigenvalue weighted by Crippen LogP contribution is 2.41. The molecule has 0 amide bonds. The summed E-state index contributed by atoms with van der Waals surface area (Å²) in [5.41, 5.74) is 4.42. The fourth-order valence-corrected chi connectivity index (χ4v) is 5.90. The number of benzene rings is 1. The second-order valence-corrected chi connectivity index (χ2v) is 15.7. The summed E-state index contributed by atoms with van der Waals surface area (Å²) in [4.78, 5) is 31.0. The lowest BCUT2D eigenvalue weighted by Crippen LogP contribution is -2.39. The van der Waals surface area contributed by atoms with Gasteiger partial charge in [0.15, 0.2) is 0 Å². The Morgan fingerprint density at radius 1 is 1.02 bits per heavy atom. The average molecular weight is 774 g/mol. The van der Waals surface area contributed by atoms with Crippen molar-refractivity contribution >= 4 is 29.0 Å². The van der Waals surface area contributed by atoms with Crippen LogP contribution in [0.5, 0.6) is 0 Å². The summed E-state index contributed by atoms with van der Waals surface area (Å²) in [6, 6.07) is 7.82. The van der Waals surface area contributed by atoms with E-state index in [4.69, 9.17) is 9.97 Å². The minimum Gasteiger partial charge on any atom is -0.480 e. The number of anilines is 4. The van der Waals surface area contributed by atoms with Gasteiger partial charge in [-0.3, -0.25) is 9.69 Å². The van der Waals surface area contributed by atoms with Gasteiger partial charge < -0.3 is 20.2 Å². The third-order valence-electron chi connectivity index (χ3n) is 8.63. The van der Waals surface area contributed by atoms with E-state index in [9.17, 15) is 23.1 Å². The van der Waals surface area contributed by atoms with E-state index in [2.05, 4.69) is 89.8 Å². The van der Waals surface area contributed by atoms with Gasteiger partial charge >= 0.3 is 12.1 Å². The Hall–Kier alpha value is -3.93. The van der Waals surface area contributed by atoms with Crippen LogP contribution < -0.4 is 15.1 Å². The van der Waals surface area contributed by atoms with Crippen LogP contribution in [0.2, 0.25) is 0 Å². The van der Waals surface area contributed by atoms with Crippen molar-refractivity contribution in [2.45, 2.75) is 147 Å². The lowest BCUT2D eigenvalue weighted by molar-refractivity contribution is -0.142. The van der Waals surface area contributed by atoms with Crippen LogP contribution in [-0.4, -0.2) is 63.7 Å². The highest BCUT2D eigenvalue weighted by molar-refractivity contribution is 5.73. The molecular weight excluding hydrogens is 704 g/mol. The van der Waals surface area contributed by atoms with Crippen LogP contribution >= 0.6 is 0 Å². The Morgan fingerprint density at radius 2 is 1.62 bits per heavy atom. The Morgan fingerprint density at radius 3 is 2.16 bits per heavy atom. The van der Waals surface area contributed by atoms with Crippen LogP contribution in [0.4, 0.5) is 36.2 Å². The molecule has 0 bridgehead atoms. The van der Waals surface area contributed by atoms with Gasteiger partial charge in [0.05, 0.1) is 24.3 Å². The molecule has 2 aromatic heterocycles. The molecule has 0 fully saturated rings. The van der Waals surface area contributed by atoms with E-state index in [0.29, 0.717) is 42.3 Å². The maximum atomic E-state index is 13.8. The van der Waals surface area contributed by atoms with Crippen LogP contribution in [0.15, 0.2) is 36.5 Å². The summed E-state index contributed by atoms with van der Waals surface area (Å²) in [5, 5.41) is 13.1. The van der Waals surface area contributed by atoms with Crippen molar-refractivity contribution in [2.75, 3.05) is 41.8 Å². The molecule has 4 heterocycles. The standard InChI is InChI=1S/C31H38F3N7O2.C5H12.C3H8.2C2H6/c1-6-40(19(2)29(42)43)18-26-37-24-17-41(28-23(31(32,33)34)8-7-13-35-28)14-11-21(24)27(38-26)36-20-9-10-22-25(16-20)39(5)15-12-30(22,3)4;1-5(2,3)4;1-3-2;2*1-2/h7-10,13,16,19H,6,11-12,14-15,17-18H2,1-5H3,(H,42,43)(H,36,37,38);1-4H3;3H2,1-2H3;2*1-2H3. The molecule has 310 valence electrons. The van der Waals surface area contributed by atoms with Crippen molar-refractivity contribution in [3.8, 4) is 0 Å². The van der Waals surface area contributed by atoms with E-state index in [1.54, 1.807) is 16.7 Å². The highest BCUT2D eigenvalue weighted by atomic mass is 19.4. The van der Waals surface area contributed by atoms with Crippen molar-refractivity contribution in [1.82, 2.24) is 19.9 Å². The predicted molar refractivity (Wildman–Crippen MR) is 224 cm³/mol. The Labute approximate surface area is 330 Å². The molecule has 0 radical (unpaired) electrons. The third kappa shape index (κ3) is 14.6. The van der Waals surface area contributed by atoms with Gasteiger partial charge in [-0.1, -0.05) is 102 Å². The SMILES string of the molecule is CC.CC.CC(C)(C)C.CCC.CCN(Cc1nc2c(c(Nc3ccc4c(c3)N(C)CCC4(C)C)n1)CCN(c1ncccc1C(F)(F)F)C2)C(C)C(=O)O. The summed E-state index contributed by atoms with van der Waals surface area (Å²) >= 11 is 0. The van der Waals surface area contributed by atoms with Crippen molar-refractivity contribution in [3.05, 3.63) is 64.7 Å². The molecule has 9 nitrogen and oxygen atoms in total. The van der Waals surface area contributed by atoms with Gasteiger partial charge in [0.25, 0.3) is 0 Å². The molecule has 2 N–H and O–H groups in total. The number of halogens is 3. The minimum atomic E-state index is -4.55. The molecule has 0 saturated heterocycles. The number of nitrogens with one attached hydrogen (secondary N) is 1. The van der Waals surface area contributed by atoms with Crippen molar-refractivity contribution < 1.29 is 23.1 Å². The van der Waals surface area contributed by atoms with Gasteiger partial charge in [-0.2, -0.15) is 13.2 Å². The fourth-order valence-electron chi connectivity index (χ4n) is 5.90. The summed E-state index contributed by atoms with van der Waals surface area (Å²) in [6.45, 7) is 30.9. The maximum Gasteiger partial charge on any atom is 0.419 e. The normalized spacial score (nSPS) is 14.9. The molecule has 1 unspecified atom stereocenters. The summed E-state index contributed by atoms with van der Waals surface area (Å²) < 4.78 is 41.5. The van der Waals surface area contributed by atoms with Crippen molar-refractivity contribution in [2.24, 2.45) is 5.41 Å². The molecule has 2 aliphatic rings. The number of carboxylic acid groups (broad SMARTS) is 1. The number of carboxylic acids is 1. The molecule has 12 heteroatoms.